The molecule has 1 aliphatic rings. The van der Waals surface area contributed by atoms with Gasteiger partial charge in [0.05, 0.1) is 18.7 Å². The monoisotopic (exact) mass is 452 g/mol. The molecule has 0 bridgehead atoms. The summed E-state index contributed by atoms with van der Waals surface area (Å²) in [4.78, 5) is 27.5. The fraction of sp³-hybridized carbons (Fsp3) is 0.481. The van der Waals surface area contributed by atoms with Crippen molar-refractivity contribution in [2.24, 2.45) is 0 Å². The Morgan fingerprint density at radius 1 is 1.03 bits per heavy atom. The Balaban J connectivity index is 1.79. The summed E-state index contributed by atoms with van der Waals surface area (Å²) >= 11 is 0. The highest BCUT2D eigenvalue weighted by molar-refractivity contribution is 6.06. The summed E-state index contributed by atoms with van der Waals surface area (Å²) in [5.74, 6) is 0.308. The van der Waals surface area contributed by atoms with Crippen LogP contribution in [0.3, 0.4) is 0 Å². The maximum absolute atomic E-state index is 13.0. The highest BCUT2D eigenvalue weighted by Gasteiger charge is 2.33. The lowest BCUT2D eigenvalue weighted by Gasteiger charge is -2.29. The molecular weight excluding hydrogens is 416 g/mol. The standard InChI is InChI=1S/C27H36N2O4/c1-26(2,3)19-13-14-21(23(17-19)32-7)24(30)28-20-11-8-10-18(16-20)22-12-9-15-29(22)25(31)33-27(4,5)6/h8,10-11,13-14,16-17,22H,9,12,15H2,1-7H3,(H,28,30). The first kappa shape index (κ1) is 24.6. The molecule has 3 rings (SSSR count). The van der Waals surface area contributed by atoms with Crippen molar-refractivity contribution in [1.82, 2.24) is 4.90 Å². The SMILES string of the molecule is COc1cc(C(C)(C)C)ccc1C(=O)Nc1cccc(C2CCCN2C(=O)OC(C)(C)C)c1. The Bertz CT molecular complexity index is 1020. The number of carbonyl (C=O) groups is 2. The van der Waals surface area contributed by atoms with Gasteiger partial charge in [0.15, 0.2) is 0 Å². The van der Waals surface area contributed by atoms with E-state index in [9.17, 15) is 9.59 Å². The summed E-state index contributed by atoms with van der Waals surface area (Å²) in [7, 11) is 1.57. The predicted octanol–water partition coefficient (Wildman–Crippen LogP) is 6.32. The van der Waals surface area contributed by atoms with Crippen LogP contribution >= 0.6 is 0 Å². The van der Waals surface area contributed by atoms with Crippen LogP contribution in [0.2, 0.25) is 0 Å². The van der Waals surface area contributed by atoms with E-state index in [4.69, 9.17) is 9.47 Å². The highest BCUT2D eigenvalue weighted by atomic mass is 16.6. The zero-order valence-electron chi connectivity index (χ0n) is 20.8. The summed E-state index contributed by atoms with van der Waals surface area (Å²) in [6, 6.07) is 13.3. The van der Waals surface area contributed by atoms with Crippen molar-refractivity contribution in [1.29, 1.82) is 0 Å². The van der Waals surface area contributed by atoms with Gasteiger partial charge in [-0.1, -0.05) is 39.0 Å². The van der Waals surface area contributed by atoms with Crippen LogP contribution in [0.25, 0.3) is 0 Å². The van der Waals surface area contributed by atoms with E-state index in [0.29, 0.717) is 23.5 Å². The average Bonchev–Trinajstić information content (AvgIpc) is 3.22. The van der Waals surface area contributed by atoms with Crippen LogP contribution in [0.15, 0.2) is 42.5 Å². The number of hydrogen-bond acceptors (Lipinski definition) is 4. The number of nitrogens with zero attached hydrogens (tertiary/aromatic N) is 1. The first-order chi connectivity index (χ1) is 15.4. The predicted molar refractivity (Wildman–Crippen MR) is 131 cm³/mol. The fourth-order valence-electron chi connectivity index (χ4n) is 4.02. The quantitative estimate of drug-likeness (QED) is 0.590. The van der Waals surface area contributed by atoms with E-state index >= 15 is 0 Å². The Morgan fingerprint density at radius 3 is 2.39 bits per heavy atom. The van der Waals surface area contributed by atoms with Crippen molar-refractivity contribution in [3.05, 3.63) is 59.2 Å². The molecule has 1 aliphatic heterocycles. The van der Waals surface area contributed by atoms with Crippen LogP contribution in [0.1, 0.15) is 81.9 Å². The Hall–Kier alpha value is -3.02. The van der Waals surface area contributed by atoms with E-state index in [0.717, 1.165) is 24.0 Å². The number of likely N-dealkylation sites (tertiary alicyclic amines) is 1. The molecule has 1 heterocycles. The molecular formula is C27H36N2O4. The lowest BCUT2D eigenvalue weighted by Crippen LogP contribution is -2.36. The molecule has 2 aromatic rings. The molecule has 33 heavy (non-hydrogen) atoms. The van der Waals surface area contributed by atoms with E-state index in [-0.39, 0.29) is 23.5 Å². The van der Waals surface area contributed by atoms with E-state index in [2.05, 4.69) is 26.1 Å². The molecule has 0 spiro atoms. The first-order valence-corrected chi connectivity index (χ1v) is 11.5. The van der Waals surface area contributed by atoms with Crippen LogP contribution in [-0.2, 0) is 10.2 Å². The first-order valence-electron chi connectivity index (χ1n) is 11.5. The number of anilines is 1. The third-order valence-electron chi connectivity index (χ3n) is 5.72. The smallest absolute Gasteiger partial charge is 0.410 e. The van der Waals surface area contributed by atoms with Crippen LogP contribution in [0, 0.1) is 0 Å². The summed E-state index contributed by atoms with van der Waals surface area (Å²) < 4.78 is 11.1. The van der Waals surface area contributed by atoms with Gasteiger partial charge < -0.3 is 19.7 Å². The third-order valence-corrected chi connectivity index (χ3v) is 5.72. The van der Waals surface area contributed by atoms with Crippen molar-refractivity contribution < 1.29 is 19.1 Å². The van der Waals surface area contributed by atoms with Crippen molar-refractivity contribution in [2.75, 3.05) is 19.0 Å². The number of methoxy groups -OCH3 is 1. The van der Waals surface area contributed by atoms with Crippen molar-refractivity contribution in [3.63, 3.8) is 0 Å². The van der Waals surface area contributed by atoms with Gasteiger partial charge in [-0.25, -0.2) is 4.79 Å². The van der Waals surface area contributed by atoms with Crippen molar-refractivity contribution in [2.45, 2.75) is 71.4 Å². The molecule has 0 aliphatic carbocycles. The summed E-state index contributed by atoms with van der Waals surface area (Å²) in [6.07, 6.45) is 1.47. The van der Waals surface area contributed by atoms with Gasteiger partial charge in [0.25, 0.3) is 5.91 Å². The molecule has 6 nitrogen and oxygen atoms in total. The Morgan fingerprint density at radius 2 is 1.76 bits per heavy atom. The highest BCUT2D eigenvalue weighted by Crippen LogP contribution is 2.34. The van der Waals surface area contributed by atoms with Crippen LogP contribution in [0.4, 0.5) is 10.5 Å². The molecule has 1 saturated heterocycles. The number of benzene rings is 2. The van der Waals surface area contributed by atoms with Crippen molar-refractivity contribution >= 4 is 17.7 Å². The second-order valence-corrected chi connectivity index (χ2v) is 10.6. The summed E-state index contributed by atoms with van der Waals surface area (Å²) in [6.45, 7) is 12.6. The van der Waals surface area contributed by atoms with Gasteiger partial charge in [-0.2, -0.15) is 0 Å². The summed E-state index contributed by atoms with van der Waals surface area (Å²) in [5, 5.41) is 2.98. The second-order valence-electron chi connectivity index (χ2n) is 10.6. The van der Waals surface area contributed by atoms with Crippen molar-refractivity contribution in [3.8, 4) is 5.75 Å². The van der Waals surface area contributed by atoms with Gasteiger partial charge in [0.2, 0.25) is 0 Å². The molecule has 0 saturated carbocycles. The van der Waals surface area contributed by atoms with Crippen LogP contribution in [-0.4, -0.2) is 36.2 Å². The average molecular weight is 453 g/mol. The van der Waals surface area contributed by atoms with Gasteiger partial charge in [-0.05, 0) is 74.4 Å². The second kappa shape index (κ2) is 9.46. The Labute approximate surface area is 197 Å². The molecule has 0 radical (unpaired) electrons. The third kappa shape index (κ3) is 6.06. The van der Waals surface area contributed by atoms with Crippen LogP contribution in [0.5, 0.6) is 5.75 Å². The molecule has 2 aromatic carbocycles. The molecule has 1 fully saturated rings. The molecule has 178 valence electrons. The molecule has 1 atom stereocenters. The van der Waals surface area contributed by atoms with Crippen LogP contribution < -0.4 is 10.1 Å². The molecule has 2 amide bonds. The Kier molecular flexibility index (Phi) is 7.06. The number of hydrogen-bond donors (Lipinski definition) is 1. The minimum Gasteiger partial charge on any atom is -0.496 e. The van der Waals surface area contributed by atoms with Gasteiger partial charge >= 0.3 is 6.09 Å². The minimum atomic E-state index is -0.540. The molecule has 1 N–H and O–H groups in total. The van der Waals surface area contributed by atoms with E-state index in [1.165, 1.54) is 0 Å². The topological polar surface area (TPSA) is 67.9 Å². The number of carbonyl (C=O) groups excluding carboxylic acids is 2. The van der Waals surface area contributed by atoms with Gasteiger partial charge in [-0.3, -0.25) is 4.79 Å². The zero-order valence-corrected chi connectivity index (χ0v) is 20.8. The minimum absolute atomic E-state index is 0.0437. The number of rotatable bonds is 4. The molecule has 1 unspecified atom stereocenters. The number of nitrogens with one attached hydrogen (secondary N) is 1. The number of ether oxygens (including phenoxy) is 2. The van der Waals surface area contributed by atoms with E-state index in [1.54, 1.807) is 18.1 Å². The lowest BCUT2D eigenvalue weighted by atomic mass is 9.86. The van der Waals surface area contributed by atoms with Gasteiger partial charge in [0.1, 0.15) is 11.4 Å². The molecule has 0 aromatic heterocycles. The molecule has 6 heteroatoms. The van der Waals surface area contributed by atoms with Gasteiger partial charge in [-0.15, -0.1) is 0 Å². The van der Waals surface area contributed by atoms with E-state index in [1.807, 2.05) is 57.2 Å². The largest absolute Gasteiger partial charge is 0.496 e. The normalized spacial score (nSPS) is 16.5. The van der Waals surface area contributed by atoms with Gasteiger partial charge in [0, 0.05) is 12.2 Å². The summed E-state index contributed by atoms with van der Waals surface area (Å²) in [5.41, 5.74) is 2.65. The zero-order chi connectivity index (χ0) is 24.4. The maximum Gasteiger partial charge on any atom is 0.410 e. The lowest BCUT2D eigenvalue weighted by molar-refractivity contribution is 0.0224. The maximum atomic E-state index is 13.0. The fourth-order valence-corrected chi connectivity index (χ4v) is 4.02. The number of amides is 2. The van der Waals surface area contributed by atoms with E-state index < -0.39 is 5.60 Å².